The van der Waals surface area contributed by atoms with Crippen molar-refractivity contribution in [3.05, 3.63) is 35.7 Å². The molecule has 2 aromatic rings. The van der Waals surface area contributed by atoms with Crippen LogP contribution >= 0.6 is 0 Å². The molecule has 2 heterocycles. The Morgan fingerprint density at radius 3 is 2.87 bits per heavy atom. The molecule has 23 heavy (non-hydrogen) atoms. The van der Waals surface area contributed by atoms with E-state index < -0.39 is 0 Å². The molecule has 0 saturated heterocycles. The van der Waals surface area contributed by atoms with Gasteiger partial charge in [0, 0.05) is 32.0 Å². The quantitative estimate of drug-likeness (QED) is 0.848. The van der Waals surface area contributed by atoms with Crippen molar-refractivity contribution in [3.63, 3.8) is 0 Å². The van der Waals surface area contributed by atoms with Gasteiger partial charge in [0.1, 0.15) is 5.82 Å². The van der Waals surface area contributed by atoms with Gasteiger partial charge in [0.2, 0.25) is 17.7 Å². The van der Waals surface area contributed by atoms with Crippen molar-refractivity contribution in [1.29, 1.82) is 0 Å². The van der Waals surface area contributed by atoms with E-state index in [9.17, 15) is 4.79 Å². The predicted molar refractivity (Wildman–Crippen MR) is 86.2 cm³/mol. The van der Waals surface area contributed by atoms with E-state index in [2.05, 4.69) is 15.2 Å². The van der Waals surface area contributed by atoms with Crippen LogP contribution < -0.4 is 4.90 Å². The molecule has 1 aliphatic rings. The Morgan fingerprint density at radius 2 is 2.13 bits per heavy atom. The van der Waals surface area contributed by atoms with E-state index in [1.807, 2.05) is 19.1 Å². The lowest BCUT2D eigenvalue weighted by Gasteiger charge is -2.17. The molecule has 0 atom stereocenters. The van der Waals surface area contributed by atoms with Crippen molar-refractivity contribution < 1.29 is 9.21 Å². The SMILES string of the molecule is Cc1cccnc1N(C)C(=O)CCc1nnc(C2CCCC2)o1. The fourth-order valence-electron chi connectivity index (χ4n) is 3.03. The first-order valence-corrected chi connectivity index (χ1v) is 8.15. The third kappa shape index (κ3) is 3.57. The predicted octanol–water partition coefficient (Wildman–Crippen LogP) is 3.03. The number of hydrogen-bond donors (Lipinski definition) is 0. The van der Waals surface area contributed by atoms with Crippen LogP contribution in [0.4, 0.5) is 5.82 Å². The average Bonchev–Trinajstić information content (AvgIpc) is 3.23. The maximum atomic E-state index is 12.3. The third-order valence-corrected chi connectivity index (χ3v) is 4.41. The summed E-state index contributed by atoms with van der Waals surface area (Å²) >= 11 is 0. The largest absolute Gasteiger partial charge is 0.425 e. The Labute approximate surface area is 135 Å². The molecule has 6 heteroatoms. The fraction of sp³-hybridized carbons (Fsp3) is 0.529. The molecule has 0 bridgehead atoms. The van der Waals surface area contributed by atoms with Crippen molar-refractivity contribution in [1.82, 2.24) is 15.2 Å². The molecule has 2 aromatic heterocycles. The summed E-state index contributed by atoms with van der Waals surface area (Å²) in [6.07, 6.45) is 7.21. The summed E-state index contributed by atoms with van der Waals surface area (Å²) in [4.78, 5) is 18.2. The van der Waals surface area contributed by atoms with Gasteiger partial charge in [0.15, 0.2) is 0 Å². The summed E-state index contributed by atoms with van der Waals surface area (Å²) in [7, 11) is 1.75. The van der Waals surface area contributed by atoms with Gasteiger partial charge >= 0.3 is 0 Å². The zero-order valence-corrected chi connectivity index (χ0v) is 13.7. The molecule has 6 nitrogen and oxygen atoms in total. The van der Waals surface area contributed by atoms with Gasteiger partial charge in [0.05, 0.1) is 0 Å². The van der Waals surface area contributed by atoms with Gasteiger partial charge in [-0.2, -0.15) is 0 Å². The molecular weight excluding hydrogens is 292 g/mol. The van der Waals surface area contributed by atoms with Crippen LogP contribution in [0.5, 0.6) is 0 Å². The molecule has 1 aliphatic carbocycles. The Kier molecular flexibility index (Phi) is 4.69. The summed E-state index contributed by atoms with van der Waals surface area (Å²) in [5.41, 5.74) is 0.977. The van der Waals surface area contributed by atoms with E-state index >= 15 is 0 Å². The van der Waals surface area contributed by atoms with Crippen LogP contribution in [-0.2, 0) is 11.2 Å². The highest BCUT2D eigenvalue weighted by Gasteiger charge is 2.23. The van der Waals surface area contributed by atoms with Crippen molar-refractivity contribution in [2.45, 2.75) is 51.4 Å². The second kappa shape index (κ2) is 6.89. The topological polar surface area (TPSA) is 72.1 Å². The number of amides is 1. The number of carbonyl (C=O) groups is 1. The number of pyridine rings is 1. The number of carbonyl (C=O) groups excluding carboxylic acids is 1. The van der Waals surface area contributed by atoms with Crippen molar-refractivity contribution in [2.24, 2.45) is 0 Å². The van der Waals surface area contributed by atoms with Crippen LogP contribution in [0.3, 0.4) is 0 Å². The second-order valence-electron chi connectivity index (χ2n) is 6.11. The van der Waals surface area contributed by atoms with E-state index in [0.717, 1.165) is 24.3 Å². The third-order valence-electron chi connectivity index (χ3n) is 4.41. The Balaban J connectivity index is 1.57. The van der Waals surface area contributed by atoms with Crippen molar-refractivity contribution in [2.75, 3.05) is 11.9 Å². The summed E-state index contributed by atoms with van der Waals surface area (Å²) in [6.45, 7) is 1.94. The first-order chi connectivity index (χ1) is 11.1. The number of anilines is 1. The van der Waals surface area contributed by atoms with Gasteiger partial charge in [-0.3, -0.25) is 9.69 Å². The molecule has 0 radical (unpaired) electrons. The molecule has 0 N–H and O–H groups in total. The monoisotopic (exact) mass is 314 g/mol. The number of hydrogen-bond acceptors (Lipinski definition) is 5. The summed E-state index contributed by atoms with van der Waals surface area (Å²) in [5.74, 6) is 2.37. The molecular formula is C17H22N4O2. The lowest BCUT2D eigenvalue weighted by Crippen LogP contribution is -2.28. The van der Waals surface area contributed by atoms with E-state index in [1.165, 1.54) is 12.8 Å². The minimum absolute atomic E-state index is 0.00702. The average molecular weight is 314 g/mol. The highest BCUT2D eigenvalue weighted by molar-refractivity contribution is 5.92. The summed E-state index contributed by atoms with van der Waals surface area (Å²) in [5, 5.41) is 8.22. The summed E-state index contributed by atoms with van der Waals surface area (Å²) < 4.78 is 5.72. The zero-order chi connectivity index (χ0) is 16.2. The smallest absolute Gasteiger partial charge is 0.228 e. The molecule has 0 unspecified atom stereocenters. The number of aromatic nitrogens is 3. The van der Waals surface area contributed by atoms with E-state index in [4.69, 9.17) is 4.42 Å². The minimum Gasteiger partial charge on any atom is -0.425 e. The van der Waals surface area contributed by atoms with Crippen molar-refractivity contribution in [3.8, 4) is 0 Å². The second-order valence-corrected chi connectivity index (χ2v) is 6.11. The normalized spacial score (nSPS) is 15.0. The molecule has 122 valence electrons. The van der Waals surface area contributed by atoms with E-state index in [0.29, 0.717) is 30.5 Å². The Bertz CT molecular complexity index is 677. The van der Waals surface area contributed by atoms with Gasteiger partial charge in [-0.05, 0) is 31.4 Å². The van der Waals surface area contributed by atoms with Gasteiger partial charge in [0.25, 0.3) is 0 Å². The molecule has 0 spiro atoms. The number of aryl methyl sites for hydroxylation is 2. The van der Waals surface area contributed by atoms with E-state index in [-0.39, 0.29) is 5.91 Å². The Morgan fingerprint density at radius 1 is 1.35 bits per heavy atom. The molecule has 0 aromatic carbocycles. The fourth-order valence-corrected chi connectivity index (χ4v) is 3.03. The first kappa shape index (κ1) is 15.6. The molecule has 1 amide bonds. The maximum Gasteiger partial charge on any atom is 0.228 e. The summed E-state index contributed by atoms with van der Waals surface area (Å²) in [6, 6.07) is 3.80. The van der Waals surface area contributed by atoms with Crippen molar-refractivity contribution >= 4 is 11.7 Å². The highest BCUT2D eigenvalue weighted by atomic mass is 16.4. The number of nitrogens with zero attached hydrogens (tertiary/aromatic N) is 4. The van der Waals surface area contributed by atoms with Gasteiger partial charge in [-0.25, -0.2) is 4.98 Å². The molecule has 0 aliphatic heterocycles. The van der Waals surface area contributed by atoms with E-state index in [1.54, 1.807) is 18.1 Å². The van der Waals surface area contributed by atoms with Gasteiger partial charge in [-0.15, -0.1) is 10.2 Å². The standard InChI is InChI=1S/C17H22N4O2/c1-12-6-5-11-18-16(12)21(2)15(22)10-9-14-19-20-17(23-14)13-7-3-4-8-13/h5-6,11,13H,3-4,7-10H2,1-2H3. The first-order valence-electron chi connectivity index (χ1n) is 8.15. The van der Waals surface area contributed by atoms with Crippen LogP contribution in [0.25, 0.3) is 0 Å². The van der Waals surface area contributed by atoms with Crippen LogP contribution in [0.2, 0.25) is 0 Å². The minimum atomic E-state index is -0.00702. The number of rotatable bonds is 5. The molecule has 3 rings (SSSR count). The Hall–Kier alpha value is -2.24. The van der Waals surface area contributed by atoms with Crippen LogP contribution in [0.15, 0.2) is 22.7 Å². The highest BCUT2D eigenvalue weighted by Crippen LogP contribution is 2.33. The van der Waals surface area contributed by atoms with Gasteiger partial charge < -0.3 is 4.42 Å². The molecule has 1 saturated carbocycles. The maximum absolute atomic E-state index is 12.3. The van der Waals surface area contributed by atoms with Gasteiger partial charge in [-0.1, -0.05) is 18.9 Å². The zero-order valence-electron chi connectivity index (χ0n) is 13.7. The lowest BCUT2D eigenvalue weighted by atomic mass is 10.1. The van der Waals surface area contributed by atoms with Crippen LogP contribution in [0, 0.1) is 6.92 Å². The van der Waals surface area contributed by atoms with Crippen LogP contribution in [0.1, 0.15) is 55.4 Å². The van der Waals surface area contributed by atoms with Crippen LogP contribution in [-0.4, -0.2) is 28.1 Å². The molecule has 1 fully saturated rings. The lowest BCUT2D eigenvalue weighted by molar-refractivity contribution is -0.118.